The van der Waals surface area contributed by atoms with Gasteiger partial charge in [0.2, 0.25) is 0 Å². The molecule has 0 spiro atoms. The van der Waals surface area contributed by atoms with Gasteiger partial charge < -0.3 is 19.7 Å². The summed E-state index contributed by atoms with van der Waals surface area (Å²) in [7, 11) is 0. The molecule has 51 heavy (non-hydrogen) atoms. The average Bonchev–Trinajstić information content (AvgIpc) is 3.56. The van der Waals surface area contributed by atoms with Crippen LogP contribution in [-0.4, -0.2) is 33.4 Å². The van der Waals surface area contributed by atoms with Crippen molar-refractivity contribution in [2.75, 3.05) is 0 Å². The first-order valence-corrected chi connectivity index (χ1v) is 19.5. The predicted octanol–water partition coefficient (Wildman–Crippen LogP) is 7.81. The summed E-state index contributed by atoms with van der Waals surface area (Å²) in [6.45, 7) is 4.40. The van der Waals surface area contributed by atoms with Crippen LogP contribution in [0, 0.1) is 59.2 Å². The van der Waals surface area contributed by atoms with Crippen molar-refractivity contribution in [1.82, 2.24) is 0 Å². The molecule has 0 aromatic heterocycles. The van der Waals surface area contributed by atoms with Crippen molar-refractivity contribution in [2.45, 2.75) is 133 Å². The molecule has 2 aromatic carbocycles. The molecule has 0 heterocycles. The number of terminal acetylenes is 2. The minimum atomic E-state index is -1.00. The standard InChI is InChI=1S/C45H52O6/c1-5-44(48)24-20-38-36-14-10-28-26-30(12-16-32(28)34(36)18-22-42(38,44)3)50-40(46)8-7-9-41(47)51-31-13-17-33-29(27-31)11-15-37-35(33)19-23-43(4)39(37)21-25-45(43,49)6-2/h1-2,12-13,16-17,26-27,34-39,48-49H,7-11,14-15,18-25H2,3-4H3/t34-,35-,36-,37-,38+,39+,42+,43+,44+,45+/m1/s1. The molecule has 0 bridgehead atoms. The summed E-state index contributed by atoms with van der Waals surface area (Å²) >= 11 is 0. The van der Waals surface area contributed by atoms with Crippen LogP contribution in [0.3, 0.4) is 0 Å². The molecule has 4 saturated carbocycles. The Balaban J connectivity index is 0.822. The Morgan fingerprint density at radius 1 is 0.686 bits per heavy atom. The number of fused-ring (bicyclic) bond motifs is 10. The summed E-state index contributed by atoms with van der Waals surface area (Å²) in [4.78, 5) is 25.6. The van der Waals surface area contributed by atoms with Gasteiger partial charge in [0.15, 0.2) is 0 Å². The Morgan fingerprint density at radius 2 is 1.12 bits per heavy atom. The first kappa shape index (κ1) is 34.5. The van der Waals surface area contributed by atoms with E-state index >= 15 is 0 Å². The van der Waals surface area contributed by atoms with Crippen LogP contribution in [0.25, 0.3) is 0 Å². The maximum atomic E-state index is 12.8. The maximum absolute atomic E-state index is 12.8. The molecule has 6 nitrogen and oxygen atoms in total. The van der Waals surface area contributed by atoms with E-state index in [-0.39, 0.29) is 35.6 Å². The van der Waals surface area contributed by atoms with Gasteiger partial charge in [0.25, 0.3) is 0 Å². The van der Waals surface area contributed by atoms with Gasteiger partial charge in [-0.05, 0) is 165 Å². The largest absolute Gasteiger partial charge is 0.427 e. The zero-order valence-corrected chi connectivity index (χ0v) is 30.2. The number of hydrogen-bond acceptors (Lipinski definition) is 6. The van der Waals surface area contributed by atoms with Crippen LogP contribution in [-0.2, 0) is 22.4 Å². The molecular formula is C45H52O6. The third-order valence-electron chi connectivity index (χ3n) is 15.4. The lowest BCUT2D eigenvalue weighted by atomic mass is 9.53. The Morgan fingerprint density at radius 3 is 1.53 bits per heavy atom. The lowest BCUT2D eigenvalue weighted by Gasteiger charge is -2.52. The van der Waals surface area contributed by atoms with Crippen LogP contribution in [0.2, 0.25) is 0 Å². The number of rotatable bonds is 6. The van der Waals surface area contributed by atoms with Crippen molar-refractivity contribution in [3.63, 3.8) is 0 Å². The smallest absolute Gasteiger partial charge is 0.311 e. The van der Waals surface area contributed by atoms with Crippen molar-refractivity contribution >= 4 is 11.9 Å². The number of ether oxygens (including phenoxy) is 2. The highest BCUT2D eigenvalue weighted by Gasteiger charge is 2.62. The van der Waals surface area contributed by atoms with Crippen LogP contribution in [0.5, 0.6) is 11.5 Å². The number of benzene rings is 2. The van der Waals surface area contributed by atoms with E-state index in [4.69, 9.17) is 22.3 Å². The Kier molecular flexibility index (Phi) is 8.48. The van der Waals surface area contributed by atoms with E-state index in [1.54, 1.807) is 0 Å². The van der Waals surface area contributed by atoms with Gasteiger partial charge in [-0.2, -0.15) is 0 Å². The lowest BCUT2D eigenvalue weighted by molar-refractivity contribution is -0.136. The van der Waals surface area contributed by atoms with E-state index < -0.39 is 11.2 Å². The number of esters is 2. The third kappa shape index (κ3) is 5.38. The minimum Gasteiger partial charge on any atom is -0.427 e. The van der Waals surface area contributed by atoms with Gasteiger partial charge in [0, 0.05) is 23.7 Å². The summed E-state index contributed by atoms with van der Waals surface area (Å²) in [5.74, 6) is 8.69. The molecule has 0 aliphatic heterocycles. The second-order valence-corrected chi connectivity index (χ2v) is 17.4. The predicted molar refractivity (Wildman–Crippen MR) is 195 cm³/mol. The van der Waals surface area contributed by atoms with Crippen LogP contribution in [0.1, 0.15) is 131 Å². The number of carbonyl (C=O) groups is 2. The number of aryl methyl sites for hydroxylation is 2. The van der Waals surface area contributed by atoms with Gasteiger partial charge >= 0.3 is 11.9 Å². The van der Waals surface area contributed by atoms with Gasteiger partial charge in [0.1, 0.15) is 22.7 Å². The summed E-state index contributed by atoms with van der Waals surface area (Å²) in [5, 5.41) is 22.4. The van der Waals surface area contributed by atoms with Gasteiger partial charge in [-0.1, -0.05) is 37.8 Å². The monoisotopic (exact) mass is 688 g/mol. The summed E-state index contributed by atoms with van der Waals surface area (Å²) in [6.07, 6.45) is 23.4. The second-order valence-electron chi connectivity index (χ2n) is 17.4. The summed E-state index contributed by atoms with van der Waals surface area (Å²) in [6, 6.07) is 12.1. The highest BCUT2D eigenvalue weighted by Crippen LogP contribution is 2.65. The van der Waals surface area contributed by atoms with Crippen LogP contribution < -0.4 is 9.47 Å². The van der Waals surface area contributed by atoms with Crippen molar-refractivity contribution in [1.29, 1.82) is 0 Å². The normalized spacial score (nSPS) is 38.7. The van der Waals surface area contributed by atoms with Crippen molar-refractivity contribution in [3.05, 3.63) is 58.7 Å². The number of aliphatic hydroxyl groups is 2. The highest BCUT2D eigenvalue weighted by molar-refractivity contribution is 5.75. The molecular weight excluding hydrogens is 636 g/mol. The van der Waals surface area contributed by atoms with E-state index in [0.29, 0.717) is 66.3 Å². The van der Waals surface area contributed by atoms with Crippen LogP contribution in [0.4, 0.5) is 0 Å². The number of hydrogen-bond donors (Lipinski definition) is 2. The topological polar surface area (TPSA) is 93.1 Å². The quantitative estimate of drug-likeness (QED) is 0.183. The van der Waals surface area contributed by atoms with Crippen LogP contribution >= 0.6 is 0 Å². The van der Waals surface area contributed by atoms with E-state index in [1.807, 2.05) is 24.3 Å². The fraction of sp³-hybridized carbons (Fsp3) is 0.600. The molecule has 8 rings (SSSR count). The molecule has 0 unspecified atom stereocenters. The molecule has 6 heteroatoms. The van der Waals surface area contributed by atoms with Crippen molar-refractivity contribution in [3.8, 4) is 36.2 Å². The van der Waals surface area contributed by atoms with Crippen molar-refractivity contribution < 1.29 is 29.3 Å². The average molecular weight is 689 g/mol. The Hall–Kier alpha value is -3.58. The van der Waals surface area contributed by atoms with Gasteiger partial charge in [-0.15, -0.1) is 12.8 Å². The fourth-order valence-corrected chi connectivity index (χ4v) is 12.5. The van der Waals surface area contributed by atoms with Gasteiger partial charge in [0.05, 0.1) is 0 Å². The SMILES string of the molecule is C#C[C@]1(O)CC[C@H]2[C@@H]3CCc4cc(OC(=O)CCCC(=O)Oc5ccc6c(c5)CC[C@@H]5[C@@H]6CC[C@@]6(C)[C@H]5CC[C@@]6(O)C#C)ccc4[C@H]3CC[C@@]21C. The summed E-state index contributed by atoms with van der Waals surface area (Å²) < 4.78 is 11.5. The molecule has 6 aliphatic rings. The molecule has 10 atom stereocenters. The molecule has 0 saturated heterocycles. The fourth-order valence-electron chi connectivity index (χ4n) is 12.5. The van der Waals surface area contributed by atoms with E-state index in [9.17, 15) is 19.8 Å². The van der Waals surface area contributed by atoms with Gasteiger partial charge in [-0.3, -0.25) is 9.59 Å². The van der Waals surface area contributed by atoms with E-state index in [1.165, 1.54) is 22.3 Å². The molecule has 4 fully saturated rings. The maximum Gasteiger partial charge on any atom is 0.311 e. The molecule has 6 aliphatic carbocycles. The molecule has 268 valence electrons. The lowest BCUT2D eigenvalue weighted by Crippen LogP contribution is -2.50. The molecule has 2 aromatic rings. The Labute approximate surface area is 303 Å². The molecule has 0 amide bonds. The summed E-state index contributed by atoms with van der Waals surface area (Å²) in [5.41, 5.74) is 2.74. The zero-order valence-electron chi connectivity index (χ0n) is 30.2. The van der Waals surface area contributed by atoms with Crippen molar-refractivity contribution in [2.24, 2.45) is 34.5 Å². The first-order valence-electron chi connectivity index (χ1n) is 19.5. The Bertz CT molecular complexity index is 1700. The first-order chi connectivity index (χ1) is 24.4. The van der Waals surface area contributed by atoms with Crippen LogP contribution in [0.15, 0.2) is 36.4 Å². The van der Waals surface area contributed by atoms with E-state index in [2.05, 4.69) is 37.8 Å². The minimum absolute atomic E-state index is 0.136. The third-order valence-corrected chi connectivity index (χ3v) is 15.4. The molecule has 0 radical (unpaired) electrons. The second kappa shape index (κ2) is 12.5. The zero-order chi connectivity index (χ0) is 35.8. The van der Waals surface area contributed by atoms with Gasteiger partial charge in [-0.25, -0.2) is 0 Å². The highest BCUT2D eigenvalue weighted by atomic mass is 16.5. The number of carbonyl (C=O) groups excluding carboxylic acids is 2. The molecule has 2 N–H and O–H groups in total. The van der Waals surface area contributed by atoms with E-state index in [0.717, 1.165) is 64.2 Å².